The molecule has 0 aromatic rings. The Balaban J connectivity index is 1.28. The van der Waals surface area contributed by atoms with E-state index in [4.69, 9.17) is 19.3 Å². The van der Waals surface area contributed by atoms with Crippen molar-refractivity contribution < 1.29 is 33.7 Å². The monoisotopic (exact) mass is 490 g/mol. The van der Waals surface area contributed by atoms with Crippen LogP contribution < -0.4 is 21.3 Å². The lowest BCUT2D eigenvalue weighted by Crippen LogP contribution is -2.36. The lowest BCUT2D eigenvalue weighted by molar-refractivity contribution is -0.121. The number of carboxylic acid groups (broad SMARTS) is 1. The van der Waals surface area contributed by atoms with Crippen LogP contribution in [0.2, 0.25) is 0 Å². The summed E-state index contributed by atoms with van der Waals surface area (Å²) in [5.74, 6) is 1.04. The lowest BCUT2D eigenvalue weighted by atomic mass is 10.0. The van der Waals surface area contributed by atoms with Gasteiger partial charge in [-0.05, 0) is 25.7 Å². The first-order chi connectivity index (χ1) is 16.1. The summed E-state index contributed by atoms with van der Waals surface area (Å²) < 4.78 is 16.2. The zero-order chi connectivity index (χ0) is 23.7. The average molecular weight is 491 g/mol. The molecule has 2 fully saturated rings. The van der Waals surface area contributed by atoms with E-state index in [1.165, 1.54) is 0 Å². The summed E-state index contributed by atoms with van der Waals surface area (Å²) in [4.78, 5) is 33.6. The molecule has 0 bridgehead atoms. The van der Waals surface area contributed by atoms with E-state index < -0.39 is 6.09 Å². The Kier molecular flexibility index (Phi) is 14.0. The Labute approximate surface area is 199 Å². The van der Waals surface area contributed by atoms with Gasteiger partial charge in [-0.1, -0.05) is 6.42 Å². The van der Waals surface area contributed by atoms with E-state index in [9.17, 15) is 14.4 Å². The molecule has 0 spiro atoms. The minimum Gasteiger partial charge on any atom is -0.465 e. The van der Waals surface area contributed by atoms with Crippen molar-refractivity contribution in [3.05, 3.63) is 0 Å². The molecule has 33 heavy (non-hydrogen) atoms. The van der Waals surface area contributed by atoms with Gasteiger partial charge in [-0.25, -0.2) is 9.59 Å². The molecule has 2 aliphatic heterocycles. The van der Waals surface area contributed by atoms with Crippen molar-refractivity contribution in [1.82, 2.24) is 21.3 Å². The molecule has 12 heteroatoms. The van der Waals surface area contributed by atoms with Crippen molar-refractivity contribution >= 4 is 29.8 Å². The van der Waals surface area contributed by atoms with E-state index >= 15 is 0 Å². The van der Waals surface area contributed by atoms with Gasteiger partial charge >= 0.3 is 12.1 Å². The molecule has 4 amide bonds. The number of carbonyl (C=O) groups excluding carboxylic acids is 2. The van der Waals surface area contributed by atoms with Crippen LogP contribution in [0.4, 0.5) is 9.59 Å². The standard InChI is InChI=1S/C21H38N4O7S/c26-18(6-2-1-5-17-19-16(15-33-17)24-20(27)25-19)22-7-3-9-30-11-13-32-14-12-31-10-4-8-23-21(28)29/h16-17,19,23H,1-15H2,(H,22,26)(H,28,29)(H2,24,25,27)/t16-,17-,19-/m0/s1. The Bertz CT molecular complexity index is 599. The summed E-state index contributed by atoms with van der Waals surface area (Å²) in [7, 11) is 0. The highest BCUT2D eigenvalue weighted by atomic mass is 32.2. The van der Waals surface area contributed by atoms with Crippen LogP contribution >= 0.6 is 11.8 Å². The smallest absolute Gasteiger partial charge is 0.404 e. The number of hydrogen-bond donors (Lipinski definition) is 5. The molecule has 190 valence electrons. The maximum Gasteiger partial charge on any atom is 0.404 e. The average Bonchev–Trinajstić information content (AvgIpc) is 3.33. The van der Waals surface area contributed by atoms with Crippen molar-refractivity contribution in [2.45, 2.75) is 55.9 Å². The number of urea groups is 1. The molecular formula is C21H38N4O7S. The van der Waals surface area contributed by atoms with Gasteiger partial charge in [-0.3, -0.25) is 4.79 Å². The second-order valence-electron chi connectivity index (χ2n) is 7.99. The maximum absolute atomic E-state index is 11.9. The second kappa shape index (κ2) is 16.8. The van der Waals surface area contributed by atoms with Crippen LogP contribution in [-0.2, 0) is 19.0 Å². The number of unbranched alkanes of at least 4 members (excludes halogenated alkanes) is 1. The number of rotatable bonds is 19. The topological polar surface area (TPSA) is 147 Å². The first kappa shape index (κ1) is 27.5. The largest absolute Gasteiger partial charge is 0.465 e. The molecule has 5 N–H and O–H groups in total. The van der Waals surface area contributed by atoms with Gasteiger partial charge in [0.15, 0.2) is 0 Å². The molecule has 0 radical (unpaired) electrons. The lowest BCUT2D eigenvalue weighted by Gasteiger charge is -2.16. The SMILES string of the molecule is O=C(O)NCCCOCCOCCOCCCNC(=O)CCCC[C@@H]1SC[C@@H]2NC(=O)N[C@@H]21. The Morgan fingerprint density at radius 2 is 1.55 bits per heavy atom. The summed E-state index contributed by atoms with van der Waals surface area (Å²) >= 11 is 1.90. The van der Waals surface area contributed by atoms with Crippen molar-refractivity contribution in [1.29, 1.82) is 0 Å². The summed E-state index contributed by atoms with van der Waals surface area (Å²) in [6.07, 6.45) is 3.76. The van der Waals surface area contributed by atoms with Crippen LogP contribution in [0.5, 0.6) is 0 Å². The Morgan fingerprint density at radius 1 is 0.909 bits per heavy atom. The molecule has 2 heterocycles. The molecule has 3 atom stereocenters. The van der Waals surface area contributed by atoms with Crippen molar-refractivity contribution in [3.8, 4) is 0 Å². The van der Waals surface area contributed by atoms with Crippen molar-refractivity contribution in [2.24, 2.45) is 0 Å². The number of thioether (sulfide) groups is 1. The van der Waals surface area contributed by atoms with E-state index in [0.717, 1.165) is 31.4 Å². The van der Waals surface area contributed by atoms with Crippen molar-refractivity contribution in [3.63, 3.8) is 0 Å². The first-order valence-corrected chi connectivity index (χ1v) is 12.8. The summed E-state index contributed by atoms with van der Waals surface area (Å²) in [6.45, 7) is 3.95. The second-order valence-corrected chi connectivity index (χ2v) is 9.27. The number of fused-ring (bicyclic) bond motifs is 1. The third-order valence-electron chi connectivity index (χ3n) is 5.35. The van der Waals surface area contributed by atoms with E-state index in [2.05, 4.69) is 21.3 Å². The van der Waals surface area contributed by atoms with E-state index in [1.54, 1.807) is 0 Å². The fourth-order valence-electron chi connectivity index (χ4n) is 3.68. The van der Waals surface area contributed by atoms with Crippen LogP contribution in [0, 0.1) is 0 Å². The van der Waals surface area contributed by atoms with Gasteiger partial charge in [0.25, 0.3) is 0 Å². The highest BCUT2D eigenvalue weighted by Crippen LogP contribution is 2.33. The normalized spacial score (nSPS) is 21.3. The van der Waals surface area contributed by atoms with Gasteiger partial charge in [0.2, 0.25) is 5.91 Å². The van der Waals surface area contributed by atoms with Gasteiger partial charge in [0.05, 0.1) is 38.5 Å². The molecule has 0 saturated carbocycles. The third kappa shape index (κ3) is 12.3. The zero-order valence-corrected chi connectivity index (χ0v) is 20.0. The molecule has 11 nitrogen and oxygen atoms in total. The van der Waals surface area contributed by atoms with Crippen LogP contribution in [0.1, 0.15) is 38.5 Å². The molecule has 0 unspecified atom stereocenters. The number of hydrogen-bond acceptors (Lipinski definition) is 7. The predicted molar refractivity (Wildman–Crippen MR) is 125 cm³/mol. The van der Waals surface area contributed by atoms with Crippen molar-refractivity contribution in [2.75, 3.05) is 58.5 Å². The summed E-state index contributed by atoms with van der Waals surface area (Å²) in [6, 6.07) is 0.427. The molecular weight excluding hydrogens is 452 g/mol. The van der Waals surface area contributed by atoms with Gasteiger partial charge in [-0.2, -0.15) is 11.8 Å². The van der Waals surface area contributed by atoms with E-state index in [1.807, 2.05) is 11.8 Å². The number of nitrogens with one attached hydrogen (secondary N) is 4. The minimum absolute atomic E-state index is 0.0581. The highest BCUT2D eigenvalue weighted by Gasteiger charge is 2.42. The third-order valence-corrected chi connectivity index (χ3v) is 6.86. The predicted octanol–water partition coefficient (Wildman–Crippen LogP) is 0.926. The fraction of sp³-hybridized carbons (Fsp3) is 0.857. The Morgan fingerprint density at radius 3 is 2.21 bits per heavy atom. The van der Waals surface area contributed by atoms with Crippen LogP contribution in [-0.4, -0.2) is 99.0 Å². The fourth-order valence-corrected chi connectivity index (χ4v) is 5.22. The zero-order valence-electron chi connectivity index (χ0n) is 19.1. The molecule has 0 aliphatic carbocycles. The molecule has 0 aromatic heterocycles. The number of carbonyl (C=O) groups is 3. The van der Waals surface area contributed by atoms with Crippen LogP contribution in [0.3, 0.4) is 0 Å². The minimum atomic E-state index is -1.02. The van der Waals surface area contributed by atoms with Gasteiger partial charge in [0.1, 0.15) is 0 Å². The van der Waals surface area contributed by atoms with Gasteiger partial charge in [0, 0.05) is 43.7 Å². The van der Waals surface area contributed by atoms with E-state index in [0.29, 0.717) is 70.8 Å². The highest BCUT2D eigenvalue weighted by molar-refractivity contribution is 8.00. The van der Waals surface area contributed by atoms with Gasteiger partial charge < -0.3 is 40.6 Å². The maximum atomic E-state index is 11.9. The first-order valence-electron chi connectivity index (χ1n) is 11.7. The molecule has 0 aromatic carbocycles. The quantitative estimate of drug-likeness (QED) is 0.133. The molecule has 2 aliphatic rings. The summed E-state index contributed by atoms with van der Waals surface area (Å²) in [5, 5.41) is 20.0. The van der Waals surface area contributed by atoms with E-state index in [-0.39, 0.29) is 24.0 Å². The van der Waals surface area contributed by atoms with Crippen LogP contribution in [0.25, 0.3) is 0 Å². The Hall–Kier alpha value is -1.76. The van der Waals surface area contributed by atoms with Crippen LogP contribution in [0.15, 0.2) is 0 Å². The summed E-state index contributed by atoms with van der Waals surface area (Å²) in [5.41, 5.74) is 0. The number of amides is 4. The molecule has 2 rings (SSSR count). The number of ether oxygens (including phenoxy) is 3. The van der Waals surface area contributed by atoms with Gasteiger partial charge in [-0.15, -0.1) is 0 Å². The molecule has 2 saturated heterocycles.